The minimum absolute atomic E-state index is 1.08. The molecule has 2 heteroatoms. The minimum atomic E-state index is 1.08. The van der Waals surface area contributed by atoms with E-state index in [1.165, 1.54) is 38.6 Å². The summed E-state index contributed by atoms with van der Waals surface area (Å²) in [5.41, 5.74) is 1.08. The van der Waals surface area contributed by atoms with Crippen molar-refractivity contribution in [2.75, 3.05) is 0 Å². The number of hydrogen-bond acceptors (Lipinski definition) is 1. The fraction of sp³-hybridized carbons (Fsp3) is 0.636. The van der Waals surface area contributed by atoms with E-state index in [2.05, 4.69) is 22.7 Å². The molecule has 0 aromatic heterocycles. The van der Waals surface area contributed by atoms with Gasteiger partial charge in [-0.25, -0.2) is 0 Å². The first-order valence-corrected chi connectivity index (χ1v) is 6.86. The van der Waals surface area contributed by atoms with E-state index in [4.69, 9.17) is 0 Å². The molecule has 0 radical (unpaired) electrons. The molecule has 1 nitrogen and oxygen atoms in total. The van der Waals surface area contributed by atoms with Crippen LogP contribution in [0.4, 0.5) is 0 Å². The zero-order valence-electron chi connectivity index (χ0n) is 8.81. The number of nitrogens with zero attached hydrogens (tertiary/aromatic N) is 1. The number of allylic oxidation sites excluding steroid dienone is 2. The molecule has 0 unspecified atom stereocenters. The van der Waals surface area contributed by atoms with E-state index in [1.807, 2.05) is 13.8 Å². The molecule has 0 N–H and O–H groups in total. The van der Waals surface area contributed by atoms with Gasteiger partial charge in [-0.05, 0) is 13.1 Å². The van der Waals surface area contributed by atoms with E-state index in [-0.39, 0.29) is 0 Å². The van der Waals surface area contributed by atoms with Gasteiger partial charge in [-0.15, -0.1) is 5.70 Å². The second-order valence-corrected chi connectivity index (χ2v) is 2.34. The molecule has 13 heavy (non-hydrogen) atoms. The van der Waals surface area contributed by atoms with Gasteiger partial charge in [0, 0.05) is 0 Å². The summed E-state index contributed by atoms with van der Waals surface area (Å²) in [4.78, 5) is 7.20. The van der Waals surface area contributed by atoms with Crippen molar-refractivity contribution < 1.29 is 19.4 Å². The van der Waals surface area contributed by atoms with Gasteiger partial charge in [-0.2, -0.15) is 6.42 Å². The van der Waals surface area contributed by atoms with E-state index in [1.54, 1.807) is 0 Å². The third-order valence-corrected chi connectivity index (χ3v) is 1.61. The van der Waals surface area contributed by atoms with E-state index in [9.17, 15) is 0 Å². The average Bonchev–Trinajstić information content (AvgIpc) is 2.51. The summed E-state index contributed by atoms with van der Waals surface area (Å²) in [6, 6.07) is 0. The molecule has 0 saturated carbocycles. The van der Waals surface area contributed by atoms with Crippen LogP contribution in [0.25, 0.3) is 0 Å². The summed E-state index contributed by atoms with van der Waals surface area (Å²) >= 11 is 1.33. The third kappa shape index (κ3) is 9.89. The van der Waals surface area contributed by atoms with Gasteiger partial charge in [0.15, 0.2) is 0 Å². The van der Waals surface area contributed by atoms with Crippen LogP contribution in [0, 0.1) is 6.08 Å². The molecule has 0 spiro atoms. The van der Waals surface area contributed by atoms with Crippen LogP contribution in [0.2, 0.25) is 0 Å². The van der Waals surface area contributed by atoms with Crippen LogP contribution in [-0.4, -0.2) is 11.6 Å². The molecule has 1 aliphatic carbocycles. The fourth-order valence-electron chi connectivity index (χ4n) is 1.05. The maximum atomic E-state index is 3.86. The summed E-state index contributed by atoms with van der Waals surface area (Å²) in [6.45, 7) is 7.48. The van der Waals surface area contributed by atoms with E-state index in [0.29, 0.717) is 0 Å². The topological polar surface area (TPSA) is 12.4 Å². The predicted molar refractivity (Wildman–Crippen MR) is 57.9 cm³/mol. The molecule has 1 rings (SSSR count). The normalized spacial score (nSPS) is 14.8. The van der Waals surface area contributed by atoms with Gasteiger partial charge in [-0.3, -0.25) is 0 Å². The Morgan fingerprint density at radius 2 is 1.85 bits per heavy atom. The summed E-state index contributed by atoms with van der Waals surface area (Å²) < 4.78 is 0. The number of aliphatic imine (C=N–C) groups is 1. The van der Waals surface area contributed by atoms with Gasteiger partial charge in [0.1, 0.15) is 0 Å². The van der Waals surface area contributed by atoms with Crippen molar-refractivity contribution in [3.05, 3.63) is 11.8 Å². The van der Waals surface area contributed by atoms with Crippen molar-refractivity contribution in [1.29, 1.82) is 0 Å². The number of rotatable bonds is 1. The van der Waals surface area contributed by atoms with Gasteiger partial charge in [-0.1, -0.05) is 33.1 Å². The molecule has 0 bridgehead atoms. The Morgan fingerprint density at radius 3 is 2.38 bits per heavy atom. The van der Waals surface area contributed by atoms with Gasteiger partial charge < -0.3 is 11.1 Å². The van der Waals surface area contributed by atoms with Crippen LogP contribution in [0.5, 0.6) is 0 Å². The molecule has 0 aromatic carbocycles. The summed E-state index contributed by atoms with van der Waals surface area (Å²) in [5.74, 6) is 0. The van der Waals surface area contributed by atoms with Crippen molar-refractivity contribution in [1.82, 2.24) is 0 Å². The van der Waals surface area contributed by atoms with Crippen LogP contribution < -0.4 is 0 Å². The Labute approximate surface area is 93.8 Å². The standard InChI is InChI=1S/C8H12N.C2H6.CH2.W/c1-9-8-6-4-2-3-5-7-8;1-2;;/h1-6H2;1-2H3;1H2;/q-1;;;. The summed E-state index contributed by atoms with van der Waals surface area (Å²) in [5, 5.41) is 0. The molecule has 0 saturated heterocycles. The third-order valence-electron chi connectivity index (χ3n) is 1.61. The zero-order chi connectivity index (χ0) is 10.5. The molecule has 0 amide bonds. The Bertz CT molecular complexity index is 141. The van der Waals surface area contributed by atoms with Crippen molar-refractivity contribution in [3.63, 3.8) is 0 Å². The SMILES string of the molecule is C=NC1=[C-]CCCCC1.CC.[CH2]=[W]. The average molecular weight is 350 g/mol. The second-order valence-electron chi connectivity index (χ2n) is 2.34. The molecule has 0 aromatic rings. The van der Waals surface area contributed by atoms with Crippen molar-refractivity contribution in [3.8, 4) is 0 Å². The van der Waals surface area contributed by atoms with E-state index >= 15 is 0 Å². The first kappa shape index (κ1) is 15.4. The molecular weight excluding hydrogens is 330 g/mol. The van der Waals surface area contributed by atoms with Crippen LogP contribution in [0.1, 0.15) is 46.0 Å². The molecule has 76 valence electrons. The monoisotopic (exact) mass is 350 g/mol. The molecule has 1 aliphatic rings. The van der Waals surface area contributed by atoms with Gasteiger partial charge in [0.05, 0.1) is 0 Å². The zero-order valence-corrected chi connectivity index (χ0v) is 11.7. The Hall–Kier alpha value is -0.0317. The Kier molecular flexibility index (Phi) is 17.2. The van der Waals surface area contributed by atoms with E-state index in [0.717, 1.165) is 18.5 Å². The second kappa shape index (κ2) is 14.5. The van der Waals surface area contributed by atoms with Crippen molar-refractivity contribution >= 4 is 11.6 Å². The van der Waals surface area contributed by atoms with Crippen LogP contribution in [0.3, 0.4) is 0 Å². The van der Waals surface area contributed by atoms with Gasteiger partial charge in [0.25, 0.3) is 0 Å². The first-order chi connectivity index (χ1) is 6.43. The fourth-order valence-corrected chi connectivity index (χ4v) is 1.05. The van der Waals surface area contributed by atoms with Gasteiger partial charge in [0.2, 0.25) is 0 Å². The Balaban J connectivity index is 0. The van der Waals surface area contributed by atoms with Gasteiger partial charge >= 0.3 is 24.3 Å². The number of hydrogen-bond donors (Lipinski definition) is 0. The Morgan fingerprint density at radius 1 is 1.23 bits per heavy atom. The quantitative estimate of drug-likeness (QED) is 0.508. The molecule has 0 fully saturated rings. The summed E-state index contributed by atoms with van der Waals surface area (Å²) in [7, 11) is 0. The predicted octanol–water partition coefficient (Wildman–Crippen LogP) is 3.33. The van der Waals surface area contributed by atoms with Crippen molar-refractivity contribution in [2.24, 2.45) is 4.99 Å². The molecule has 0 atom stereocenters. The van der Waals surface area contributed by atoms with Crippen molar-refractivity contribution in [2.45, 2.75) is 46.0 Å². The molecule has 0 aliphatic heterocycles. The van der Waals surface area contributed by atoms with E-state index < -0.39 is 0 Å². The first-order valence-electron chi connectivity index (χ1n) is 4.79. The summed E-state index contributed by atoms with van der Waals surface area (Å²) in [6.07, 6.45) is 9.25. The molecular formula is C11H20NW-. The maximum absolute atomic E-state index is 3.86. The van der Waals surface area contributed by atoms with Crippen LogP contribution in [-0.2, 0) is 19.4 Å². The molecule has 0 heterocycles. The van der Waals surface area contributed by atoms with Crippen LogP contribution >= 0.6 is 0 Å². The van der Waals surface area contributed by atoms with Crippen LogP contribution in [0.15, 0.2) is 10.7 Å².